The van der Waals surface area contributed by atoms with Crippen molar-refractivity contribution in [2.24, 2.45) is 7.05 Å². The van der Waals surface area contributed by atoms with Crippen molar-refractivity contribution in [3.63, 3.8) is 0 Å². The molecule has 0 aliphatic heterocycles. The molecule has 4 heterocycles. The molecule has 10 heteroatoms. The zero-order chi connectivity index (χ0) is 24.0. The number of benzene rings is 1. The lowest BCUT2D eigenvalue weighted by molar-refractivity contribution is 0.269. The standard InChI is InChI=1S/C24H24ClN7O2/c1-13-8-16(21-17(9-13)24(34)31(3)23-18(21)11-26-30-23)14(2)28-19-4-5-20(25)29-22(19)15-10-27-32(12-15)6-7-33/h4-5,8-12,14,28,33H,6-7H2,1-3H3,(H,26,30). The van der Waals surface area contributed by atoms with Crippen molar-refractivity contribution in [3.8, 4) is 11.3 Å². The summed E-state index contributed by atoms with van der Waals surface area (Å²) in [6.45, 7) is 4.42. The van der Waals surface area contributed by atoms with E-state index in [0.29, 0.717) is 28.4 Å². The zero-order valence-corrected chi connectivity index (χ0v) is 19.8. The van der Waals surface area contributed by atoms with Gasteiger partial charge in [0.25, 0.3) is 5.56 Å². The summed E-state index contributed by atoms with van der Waals surface area (Å²) < 4.78 is 3.25. The number of fused-ring (bicyclic) bond motifs is 3. The van der Waals surface area contributed by atoms with Gasteiger partial charge in [-0.2, -0.15) is 10.2 Å². The first-order valence-electron chi connectivity index (χ1n) is 10.9. The fourth-order valence-corrected chi connectivity index (χ4v) is 4.57. The number of nitrogens with one attached hydrogen (secondary N) is 2. The summed E-state index contributed by atoms with van der Waals surface area (Å²) in [5.41, 5.74) is 4.80. The van der Waals surface area contributed by atoms with Crippen LogP contribution in [0.2, 0.25) is 5.15 Å². The number of aliphatic hydroxyl groups excluding tert-OH is 1. The highest BCUT2D eigenvalue weighted by Crippen LogP contribution is 2.34. The lowest BCUT2D eigenvalue weighted by atomic mass is 9.95. The minimum absolute atomic E-state index is 0.00534. The van der Waals surface area contributed by atoms with Crippen LogP contribution < -0.4 is 10.9 Å². The van der Waals surface area contributed by atoms with Gasteiger partial charge in [0.05, 0.1) is 36.9 Å². The Morgan fingerprint density at radius 3 is 2.85 bits per heavy atom. The fourth-order valence-electron chi connectivity index (χ4n) is 4.42. The van der Waals surface area contributed by atoms with Crippen molar-refractivity contribution in [1.29, 1.82) is 0 Å². The monoisotopic (exact) mass is 477 g/mol. The van der Waals surface area contributed by atoms with Crippen molar-refractivity contribution >= 4 is 39.1 Å². The second-order valence-corrected chi connectivity index (χ2v) is 8.77. The molecule has 174 valence electrons. The van der Waals surface area contributed by atoms with Crippen LogP contribution in [0.15, 0.2) is 47.7 Å². The summed E-state index contributed by atoms with van der Waals surface area (Å²) in [6.07, 6.45) is 5.28. The van der Waals surface area contributed by atoms with Crippen LogP contribution in [-0.4, -0.2) is 41.2 Å². The Balaban J connectivity index is 1.63. The second kappa shape index (κ2) is 8.58. The van der Waals surface area contributed by atoms with E-state index in [9.17, 15) is 9.90 Å². The van der Waals surface area contributed by atoms with Crippen LogP contribution in [0, 0.1) is 6.92 Å². The van der Waals surface area contributed by atoms with E-state index in [1.807, 2.05) is 32.2 Å². The molecule has 4 aromatic heterocycles. The molecule has 1 unspecified atom stereocenters. The van der Waals surface area contributed by atoms with Gasteiger partial charge in [-0.15, -0.1) is 0 Å². The van der Waals surface area contributed by atoms with Crippen LogP contribution in [-0.2, 0) is 13.6 Å². The highest BCUT2D eigenvalue weighted by atomic mass is 35.5. The molecule has 0 aliphatic carbocycles. The van der Waals surface area contributed by atoms with E-state index in [1.54, 1.807) is 34.8 Å². The van der Waals surface area contributed by atoms with E-state index in [0.717, 1.165) is 33.2 Å². The molecule has 1 aromatic carbocycles. The maximum atomic E-state index is 13.1. The van der Waals surface area contributed by atoms with E-state index in [4.69, 9.17) is 11.6 Å². The molecule has 0 radical (unpaired) electrons. The number of hydrogen-bond donors (Lipinski definition) is 3. The smallest absolute Gasteiger partial charge is 0.259 e. The molecule has 1 atom stereocenters. The average molecular weight is 478 g/mol. The Labute approximate surface area is 200 Å². The summed E-state index contributed by atoms with van der Waals surface area (Å²) in [6, 6.07) is 7.46. The first-order chi connectivity index (χ1) is 16.4. The normalized spacial score (nSPS) is 12.5. The topological polar surface area (TPSA) is 114 Å². The van der Waals surface area contributed by atoms with Gasteiger partial charge in [-0.25, -0.2) is 4.98 Å². The Kier molecular flexibility index (Phi) is 5.59. The van der Waals surface area contributed by atoms with Crippen molar-refractivity contribution in [2.75, 3.05) is 11.9 Å². The third-order valence-corrected chi connectivity index (χ3v) is 6.22. The summed E-state index contributed by atoms with van der Waals surface area (Å²) >= 11 is 6.22. The lowest BCUT2D eigenvalue weighted by Crippen LogP contribution is -2.19. The van der Waals surface area contributed by atoms with Crippen LogP contribution in [0.5, 0.6) is 0 Å². The highest BCUT2D eigenvalue weighted by molar-refractivity contribution is 6.29. The van der Waals surface area contributed by atoms with Crippen LogP contribution in [0.3, 0.4) is 0 Å². The number of aromatic nitrogens is 6. The fraction of sp³-hybridized carbons (Fsp3) is 0.250. The molecule has 34 heavy (non-hydrogen) atoms. The van der Waals surface area contributed by atoms with Gasteiger partial charge in [0.2, 0.25) is 0 Å². The van der Waals surface area contributed by atoms with Gasteiger partial charge >= 0.3 is 0 Å². The number of H-pyrrole nitrogens is 1. The second-order valence-electron chi connectivity index (χ2n) is 8.39. The minimum Gasteiger partial charge on any atom is -0.394 e. The van der Waals surface area contributed by atoms with Crippen molar-refractivity contribution in [2.45, 2.75) is 26.4 Å². The van der Waals surface area contributed by atoms with Crippen molar-refractivity contribution in [3.05, 3.63) is 69.5 Å². The highest BCUT2D eigenvalue weighted by Gasteiger charge is 2.19. The van der Waals surface area contributed by atoms with E-state index >= 15 is 0 Å². The number of nitrogens with zero attached hydrogens (tertiary/aromatic N) is 5. The quantitative estimate of drug-likeness (QED) is 0.320. The van der Waals surface area contributed by atoms with Gasteiger partial charge in [0, 0.05) is 41.0 Å². The van der Waals surface area contributed by atoms with Crippen LogP contribution in [0.1, 0.15) is 24.1 Å². The van der Waals surface area contributed by atoms with Gasteiger partial charge in [-0.3, -0.25) is 19.1 Å². The van der Waals surface area contributed by atoms with Crippen LogP contribution >= 0.6 is 11.6 Å². The summed E-state index contributed by atoms with van der Waals surface area (Å²) in [5, 5.41) is 27.0. The Bertz CT molecular complexity index is 1580. The van der Waals surface area contributed by atoms with E-state index < -0.39 is 0 Å². The number of hydrogen-bond acceptors (Lipinski definition) is 6. The first kappa shape index (κ1) is 22.1. The molecule has 5 aromatic rings. The molecule has 0 aliphatic rings. The number of aryl methyl sites for hydroxylation is 2. The number of halogens is 1. The number of anilines is 1. The molecule has 5 rings (SSSR count). The molecule has 3 N–H and O–H groups in total. The van der Waals surface area contributed by atoms with Gasteiger partial charge in [0.15, 0.2) is 0 Å². The van der Waals surface area contributed by atoms with Crippen LogP contribution in [0.25, 0.3) is 33.1 Å². The van der Waals surface area contributed by atoms with E-state index in [-0.39, 0.29) is 18.2 Å². The number of aromatic amines is 1. The molecular weight excluding hydrogens is 454 g/mol. The lowest BCUT2D eigenvalue weighted by Gasteiger charge is -2.21. The maximum absolute atomic E-state index is 13.1. The predicted molar refractivity (Wildman–Crippen MR) is 133 cm³/mol. The third kappa shape index (κ3) is 3.72. The van der Waals surface area contributed by atoms with Crippen molar-refractivity contribution < 1.29 is 5.11 Å². The average Bonchev–Trinajstić information content (AvgIpc) is 3.48. The predicted octanol–water partition coefficient (Wildman–Crippen LogP) is 3.80. The summed E-state index contributed by atoms with van der Waals surface area (Å²) in [4.78, 5) is 17.6. The molecule has 0 saturated carbocycles. The Hall–Kier alpha value is -3.69. The molecule has 0 spiro atoms. The van der Waals surface area contributed by atoms with Gasteiger partial charge in [-0.05, 0) is 43.2 Å². The zero-order valence-electron chi connectivity index (χ0n) is 19.0. The molecule has 0 fully saturated rings. The van der Waals surface area contributed by atoms with Gasteiger partial charge in [0.1, 0.15) is 10.8 Å². The summed E-state index contributed by atoms with van der Waals surface area (Å²) in [5.74, 6) is 0. The minimum atomic E-state index is -0.165. The van der Waals surface area contributed by atoms with E-state index in [1.165, 1.54) is 0 Å². The molecular formula is C24H24ClN7O2. The number of aliphatic hydroxyl groups is 1. The molecule has 0 amide bonds. The summed E-state index contributed by atoms with van der Waals surface area (Å²) in [7, 11) is 1.74. The Morgan fingerprint density at radius 1 is 1.24 bits per heavy atom. The van der Waals surface area contributed by atoms with Gasteiger partial charge in [-0.1, -0.05) is 17.7 Å². The molecule has 0 bridgehead atoms. The number of rotatable bonds is 6. The van der Waals surface area contributed by atoms with Crippen LogP contribution in [0.4, 0.5) is 5.69 Å². The Morgan fingerprint density at radius 2 is 2.06 bits per heavy atom. The largest absolute Gasteiger partial charge is 0.394 e. The first-order valence-corrected chi connectivity index (χ1v) is 11.3. The van der Waals surface area contributed by atoms with Gasteiger partial charge < -0.3 is 10.4 Å². The molecule has 9 nitrogen and oxygen atoms in total. The molecule has 0 saturated heterocycles. The third-order valence-electron chi connectivity index (χ3n) is 6.01. The van der Waals surface area contributed by atoms with Crippen molar-refractivity contribution in [1.82, 2.24) is 29.5 Å². The number of pyridine rings is 2. The maximum Gasteiger partial charge on any atom is 0.259 e. The van der Waals surface area contributed by atoms with E-state index in [2.05, 4.69) is 31.7 Å². The SMILES string of the molecule is Cc1cc(C(C)Nc2ccc(Cl)nc2-c2cnn(CCO)c2)c2c(c1)c(=O)n(C)c1[nH]ncc21.